The van der Waals surface area contributed by atoms with Gasteiger partial charge in [-0.05, 0) is 41.3 Å². The first-order valence-corrected chi connectivity index (χ1v) is 9.22. The summed E-state index contributed by atoms with van der Waals surface area (Å²) in [7, 11) is 1.64. The molecule has 26 heavy (non-hydrogen) atoms. The molecule has 0 N–H and O–H groups in total. The van der Waals surface area contributed by atoms with Gasteiger partial charge in [-0.25, -0.2) is 0 Å². The smallest absolute Gasteiger partial charge is 0.254 e. The van der Waals surface area contributed by atoms with E-state index < -0.39 is 0 Å². The number of carbonyl (C=O) groups excluding carboxylic acids is 2. The molecule has 2 aliphatic rings. The fourth-order valence-corrected chi connectivity index (χ4v) is 3.71. The van der Waals surface area contributed by atoms with E-state index in [-0.39, 0.29) is 11.7 Å². The molecule has 4 rings (SSSR count). The van der Waals surface area contributed by atoms with Crippen molar-refractivity contribution in [2.45, 2.75) is 38.8 Å². The number of amides is 1. The van der Waals surface area contributed by atoms with Gasteiger partial charge in [0.1, 0.15) is 5.75 Å². The van der Waals surface area contributed by atoms with Crippen molar-refractivity contribution in [1.82, 2.24) is 4.90 Å². The van der Waals surface area contributed by atoms with E-state index in [1.807, 2.05) is 47.4 Å². The molecule has 1 aliphatic carbocycles. The normalized spacial score (nSPS) is 16.3. The van der Waals surface area contributed by atoms with Crippen LogP contribution in [0.5, 0.6) is 5.75 Å². The fraction of sp³-hybridized carbons (Fsp3) is 0.364. The number of methoxy groups -OCH3 is 1. The molecule has 0 unspecified atom stereocenters. The van der Waals surface area contributed by atoms with Crippen LogP contribution in [-0.4, -0.2) is 23.7 Å². The van der Waals surface area contributed by atoms with Crippen molar-refractivity contribution in [3.8, 4) is 5.75 Å². The second kappa shape index (κ2) is 6.94. The summed E-state index contributed by atoms with van der Waals surface area (Å²) in [5.74, 6) is 1.61. The summed E-state index contributed by atoms with van der Waals surface area (Å²) in [5.41, 5.74) is 3.49. The Kier molecular flexibility index (Phi) is 4.49. The molecule has 4 heteroatoms. The molecular formula is C22H23NO3. The van der Waals surface area contributed by atoms with Crippen molar-refractivity contribution in [2.75, 3.05) is 7.11 Å². The number of fused-ring (bicyclic) bond motifs is 1. The van der Waals surface area contributed by atoms with Gasteiger partial charge in [-0.1, -0.05) is 37.5 Å². The third-order valence-corrected chi connectivity index (χ3v) is 5.54. The summed E-state index contributed by atoms with van der Waals surface area (Å²) >= 11 is 0. The minimum absolute atomic E-state index is 0.0359. The van der Waals surface area contributed by atoms with Crippen molar-refractivity contribution in [1.29, 1.82) is 0 Å². The third kappa shape index (κ3) is 3.24. The number of Topliss-reactive ketones (excluding diaryl/α,β-unsaturated/α-hetero) is 1. The van der Waals surface area contributed by atoms with Crippen molar-refractivity contribution >= 4 is 11.7 Å². The number of benzene rings is 2. The maximum absolute atomic E-state index is 12.7. The van der Waals surface area contributed by atoms with E-state index in [9.17, 15) is 9.59 Å². The number of ether oxygens (including phenoxy) is 1. The second-order valence-electron chi connectivity index (χ2n) is 7.31. The van der Waals surface area contributed by atoms with E-state index in [0.717, 1.165) is 28.0 Å². The standard InChI is InChI=1S/C22H23NO3/c1-26-19-8-5-16(6-9-19)13-23-14-18-12-17(7-10-20(18)22(23)25)21(24)11-15-3-2-4-15/h5-10,12,15H,2-4,11,13-14H2,1H3. The highest BCUT2D eigenvalue weighted by Gasteiger charge is 2.28. The Hall–Kier alpha value is -2.62. The van der Waals surface area contributed by atoms with Gasteiger partial charge in [-0.2, -0.15) is 0 Å². The summed E-state index contributed by atoms with van der Waals surface area (Å²) in [6.45, 7) is 1.12. The largest absolute Gasteiger partial charge is 0.497 e. The van der Waals surface area contributed by atoms with Gasteiger partial charge in [0.25, 0.3) is 5.91 Å². The van der Waals surface area contributed by atoms with Gasteiger partial charge in [0.15, 0.2) is 5.78 Å². The number of hydrogen-bond acceptors (Lipinski definition) is 3. The Morgan fingerprint density at radius 3 is 2.58 bits per heavy atom. The Labute approximate surface area is 153 Å². The van der Waals surface area contributed by atoms with Gasteiger partial charge in [0, 0.05) is 30.6 Å². The molecule has 0 atom stereocenters. The highest BCUT2D eigenvalue weighted by Crippen LogP contribution is 2.31. The molecule has 0 radical (unpaired) electrons. The predicted octanol–water partition coefficient (Wildman–Crippen LogP) is 4.22. The lowest BCUT2D eigenvalue weighted by atomic mass is 9.81. The Morgan fingerprint density at radius 1 is 1.15 bits per heavy atom. The molecule has 134 valence electrons. The zero-order valence-electron chi connectivity index (χ0n) is 15.0. The van der Waals surface area contributed by atoms with Crippen LogP contribution in [0.2, 0.25) is 0 Å². The average Bonchev–Trinajstić information content (AvgIpc) is 2.94. The van der Waals surface area contributed by atoms with Gasteiger partial charge in [0.05, 0.1) is 7.11 Å². The summed E-state index contributed by atoms with van der Waals surface area (Å²) in [6, 6.07) is 13.3. The second-order valence-corrected chi connectivity index (χ2v) is 7.31. The number of ketones is 1. The lowest BCUT2D eigenvalue weighted by molar-refractivity contribution is 0.0766. The predicted molar refractivity (Wildman–Crippen MR) is 99.3 cm³/mol. The van der Waals surface area contributed by atoms with Crippen LogP contribution < -0.4 is 4.74 Å². The zero-order chi connectivity index (χ0) is 18.1. The first kappa shape index (κ1) is 16.8. The molecule has 0 saturated heterocycles. The molecule has 0 aromatic heterocycles. The third-order valence-electron chi connectivity index (χ3n) is 5.54. The Morgan fingerprint density at radius 2 is 1.92 bits per heavy atom. The van der Waals surface area contributed by atoms with Crippen LogP contribution >= 0.6 is 0 Å². The maximum Gasteiger partial charge on any atom is 0.254 e. The lowest BCUT2D eigenvalue weighted by Crippen LogP contribution is -2.23. The van der Waals surface area contributed by atoms with Crippen molar-refractivity contribution in [2.24, 2.45) is 5.92 Å². The monoisotopic (exact) mass is 349 g/mol. The van der Waals surface area contributed by atoms with Crippen LogP contribution in [-0.2, 0) is 13.1 Å². The molecular weight excluding hydrogens is 326 g/mol. The Balaban J connectivity index is 1.46. The highest BCUT2D eigenvalue weighted by atomic mass is 16.5. The highest BCUT2D eigenvalue weighted by molar-refractivity contribution is 6.01. The summed E-state index contributed by atoms with van der Waals surface area (Å²) in [4.78, 5) is 26.9. The molecule has 1 heterocycles. The van der Waals surface area contributed by atoms with E-state index in [2.05, 4.69) is 0 Å². The first-order valence-electron chi connectivity index (χ1n) is 9.22. The zero-order valence-corrected chi connectivity index (χ0v) is 15.0. The van der Waals surface area contributed by atoms with Gasteiger partial charge >= 0.3 is 0 Å². The van der Waals surface area contributed by atoms with Gasteiger partial charge < -0.3 is 9.64 Å². The van der Waals surface area contributed by atoms with Crippen molar-refractivity contribution in [3.63, 3.8) is 0 Å². The van der Waals surface area contributed by atoms with E-state index in [0.29, 0.717) is 25.4 Å². The quantitative estimate of drug-likeness (QED) is 0.734. The molecule has 1 amide bonds. The molecule has 0 bridgehead atoms. The first-order chi connectivity index (χ1) is 12.6. The number of rotatable bonds is 6. The van der Waals surface area contributed by atoms with Gasteiger partial charge in [-0.3, -0.25) is 9.59 Å². The molecule has 1 fully saturated rings. The average molecular weight is 349 g/mol. The fourth-order valence-electron chi connectivity index (χ4n) is 3.71. The van der Waals surface area contributed by atoms with Gasteiger partial charge in [0.2, 0.25) is 0 Å². The van der Waals surface area contributed by atoms with Crippen LogP contribution in [0.25, 0.3) is 0 Å². The van der Waals surface area contributed by atoms with E-state index in [4.69, 9.17) is 4.74 Å². The SMILES string of the molecule is COc1ccc(CN2Cc3cc(C(=O)CC4CCC4)ccc3C2=O)cc1. The van der Waals surface area contributed by atoms with E-state index in [1.165, 1.54) is 19.3 Å². The molecule has 0 spiro atoms. The summed E-state index contributed by atoms with van der Waals surface area (Å²) in [6.07, 6.45) is 4.23. The van der Waals surface area contributed by atoms with E-state index in [1.54, 1.807) is 7.11 Å². The number of nitrogens with zero attached hydrogens (tertiary/aromatic N) is 1. The summed E-state index contributed by atoms with van der Waals surface area (Å²) in [5, 5.41) is 0. The summed E-state index contributed by atoms with van der Waals surface area (Å²) < 4.78 is 5.17. The number of carbonyl (C=O) groups is 2. The van der Waals surface area contributed by atoms with Crippen LogP contribution in [0.1, 0.15) is 57.5 Å². The topological polar surface area (TPSA) is 46.6 Å². The molecule has 2 aromatic carbocycles. The van der Waals surface area contributed by atoms with E-state index >= 15 is 0 Å². The molecule has 1 aliphatic heterocycles. The molecule has 2 aromatic rings. The maximum atomic E-state index is 12.7. The van der Waals surface area contributed by atoms with Crippen LogP contribution in [0.3, 0.4) is 0 Å². The minimum Gasteiger partial charge on any atom is -0.497 e. The van der Waals surface area contributed by atoms with Crippen LogP contribution in [0, 0.1) is 5.92 Å². The number of hydrogen-bond donors (Lipinski definition) is 0. The van der Waals surface area contributed by atoms with Gasteiger partial charge in [-0.15, -0.1) is 0 Å². The van der Waals surface area contributed by atoms with Crippen molar-refractivity contribution in [3.05, 3.63) is 64.7 Å². The minimum atomic E-state index is 0.0359. The van der Waals surface area contributed by atoms with Crippen LogP contribution in [0.4, 0.5) is 0 Å². The van der Waals surface area contributed by atoms with Crippen LogP contribution in [0.15, 0.2) is 42.5 Å². The lowest BCUT2D eigenvalue weighted by Gasteiger charge is -2.24. The molecule has 4 nitrogen and oxygen atoms in total. The Bertz CT molecular complexity index is 837. The van der Waals surface area contributed by atoms with Crippen molar-refractivity contribution < 1.29 is 14.3 Å². The molecule has 1 saturated carbocycles.